The van der Waals surface area contributed by atoms with Crippen molar-refractivity contribution in [1.82, 2.24) is 5.32 Å². The summed E-state index contributed by atoms with van der Waals surface area (Å²) in [6, 6.07) is 0.0844. The Hall–Kier alpha value is -1.14. The highest BCUT2D eigenvalue weighted by molar-refractivity contribution is 6.30. The van der Waals surface area contributed by atoms with Gasteiger partial charge in [-0.15, -0.1) is 0 Å². The van der Waals surface area contributed by atoms with Gasteiger partial charge in [-0.1, -0.05) is 11.6 Å². The third-order valence-electron chi connectivity index (χ3n) is 2.11. The van der Waals surface area contributed by atoms with Crippen molar-refractivity contribution in [3.05, 3.63) is 21.0 Å². The predicted molar refractivity (Wildman–Crippen MR) is 55.6 cm³/mol. The molecule has 0 unspecified atom stereocenters. The summed E-state index contributed by atoms with van der Waals surface area (Å²) < 4.78 is 5.14. The highest BCUT2D eigenvalue weighted by Crippen LogP contribution is 2.12. The van der Waals surface area contributed by atoms with Crippen LogP contribution >= 0.6 is 11.6 Å². The zero-order valence-electron chi connectivity index (χ0n) is 8.03. The Morgan fingerprint density at radius 3 is 2.67 bits per heavy atom. The minimum atomic E-state index is -0.679. The normalized spacial score (nSPS) is 19.3. The maximum absolute atomic E-state index is 10.5. The highest BCUT2D eigenvalue weighted by atomic mass is 35.5. The highest BCUT2D eigenvalue weighted by Gasteiger charge is 2.19. The minimum Gasteiger partial charge on any atom is -0.381 e. The summed E-state index contributed by atoms with van der Waals surface area (Å²) in [5.74, 6) is 0. The molecule has 0 aromatic rings. The van der Waals surface area contributed by atoms with Crippen LogP contribution in [0, 0.1) is 15.5 Å². The van der Waals surface area contributed by atoms with E-state index in [2.05, 4.69) is 5.32 Å². The first-order chi connectivity index (χ1) is 7.15. The second kappa shape index (κ2) is 5.67. The lowest BCUT2D eigenvalue weighted by molar-refractivity contribution is -0.415. The summed E-state index contributed by atoms with van der Waals surface area (Å²) in [6.07, 6.45) is 2.16. The molecule has 0 aliphatic carbocycles. The molecule has 0 bridgehead atoms. The molecule has 0 aromatic heterocycles. The van der Waals surface area contributed by atoms with Crippen molar-refractivity contribution in [3.8, 4) is 0 Å². The molecule has 0 atom stereocenters. The van der Waals surface area contributed by atoms with E-state index >= 15 is 0 Å². The Balaban J connectivity index is 2.61. The third-order valence-corrected chi connectivity index (χ3v) is 2.41. The van der Waals surface area contributed by atoms with Gasteiger partial charge in [-0.2, -0.15) is 0 Å². The van der Waals surface area contributed by atoms with Gasteiger partial charge >= 0.3 is 5.70 Å². The fourth-order valence-electron chi connectivity index (χ4n) is 1.29. The molecule has 7 heteroatoms. The SMILES string of the molecule is N=C/C(=C(/Cl)NC1CCOCC1)[N+](=O)[O-]. The van der Waals surface area contributed by atoms with Crippen molar-refractivity contribution in [2.45, 2.75) is 18.9 Å². The first kappa shape index (κ1) is 11.9. The number of halogens is 1. The van der Waals surface area contributed by atoms with E-state index in [9.17, 15) is 10.1 Å². The van der Waals surface area contributed by atoms with Crippen LogP contribution < -0.4 is 5.32 Å². The molecule has 1 saturated heterocycles. The number of nitro groups is 1. The van der Waals surface area contributed by atoms with Crippen LogP contribution in [0.2, 0.25) is 0 Å². The maximum Gasteiger partial charge on any atom is 0.321 e. The van der Waals surface area contributed by atoms with Crippen LogP contribution in [0.25, 0.3) is 0 Å². The summed E-state index contributed by atoms with van der Waals surface area (Å²) in [6.45, 7) is 1.25. The standard InChI is InChI=1S/C8H12ClN3O3/c9-8(7(5-10)12(13)14)11-6-1-3-15-4-2-6/h5-6,10-11H,1-4H2/b8-7+,10-5?. The number of ether oxygens (including phenoxy) is 1. The summed E-state index contributed by atoms with van der Waals surface area (Å²) in [4.78, 5) is 9.78. The molecule has 1 rings (SSSR count). The van der Waals surface area contributed by atoms with Gasteiger partial charge in [0.15, 0.2) is 5.16 Å². The second-order valence-corrected chi connectivity index (χ2v) is 3.51. The van der Waals surface area contributed by atoms with Gasteiger partial charge in [-0.25, -0.2) is 0 Å². The van der Waals surface area contributed by atoms with E-state index in [0.717, 1.165) is 12.8 Å². The largest absolute Gasteiger partial charge is 0.381 e. The molecular weight excluding hydrogens is 222 g/mol. The molecule has 1 aliphatic rings. The van der Waals surface area contributed by atoms with E-state index in [4.69, 9.17) is 21.7 Å². The molecule has 0 amide bonds. The Labute approximate surface area is 91.9 Å². The van der Waals surface area contributed by atoms with Crippen LogP contribution in [-0.4, -0.2) is 30.4 Å². The molecule has 84 valence electrons. The zero-order valence-corrected chi connectivity index (χ0v) is 8.79. The fourth-order valence-corrected chi connectivity index (χ4v) is 1.57. The van der Waals surface area contributed by atoms with Crippen molar-refractivity contribution in [2.75, 3.05) is 13.2 Å². The van der Waals surface area contributed by atoms with Gasteiger partial charge in [0.25, 0.3) is 0 Å². The topological polar surface area (TPSA) is 88.2 Å². The number of hydrogen-bond donors (Lipinski definition) is 2. The molecule has 6 nitrogen and oxygen atoms in total. The summed E-state index contributed by atoms with van der Waals surface area (Å²) in [5.41, 5.74) is -0.414. The Morgan fingerprint density at radius 2 is 2.20 bits per heavy atom. The smallest absolute Gasteiger partial charge is 0.321 e. The van der Waals surface area contributed by atoms with E-state index < -0.39 is 10.6 Å². The average Bonchev–Trinajstić information content (AvgIpc) is 2.19. The van der Waals surface area contributed by atoms with Crippen molar-refractivity contribution in [1.29, 1.82) is 5.41 Å². The Morgan fingerprint density at radius 1 is 1.60 bits per heavy atom. The molecular formula is C8H12ClN3O3. The minimum absolute atomic E-state index is 0.0816. The molecule has 0 spiro atoms. The van der Waals surface area contributed by atoms with E-state index in [1.165, 1.54) is 0 Å². The summed E-state index contributed by atoms with van der Waals surface area (Å²) in [5, 5.41) is 20.1. The maximum atomic E-state index is 10.5. The second-order valence-electron chi connectivity index (χ2n) is 3.13. The lowest BCUT2D eigenvalue weighted by Gasteiger charge is -2.23. The van der Waals surface area contributed by atoms with E-state index in [0.29, 0.717) is 19.4 Å². The van der Waals surface area contributed by atoms with Crippen LogP contribution in [-0.2, 0) is 4.74 Å². The lowest BCUT2D eigenvalue weighted by Crippen LogP contribution is -2.34. The molecule has 0 aromatic carbocycles. The number of nitrogens with one attached hydrogen (secondary N) is 2. The van der Waals surface area contributed by atoms with Crippen molar-refractivity contribution in [3.63, 3.8) is 0 Å². The van der Waals surface area contributed by atoms with Crippen molar-refractivity contribution >= 4 is 17.8 Å². The average molecular weight is 234 g/mol. The molecule has 1 heterocycles. The number of rotatable bonds is 4. The summed E-state index contributed by atoms with van der Waals surface area (Å²) in [7, 11) is 0. The quantitative estimate of drug-likeness (QED) is 0.329. The molecule has 0 saturated carbocycles. The molecule has 1 aliphatic heterocycles. The van der Waals surface area contributed by atoms with Crippen LogP contribution in [0.5, 0.6) is 0 Å². The van der Waals surface area contributed by atoms with Crippen LogP contribution in [0.4, 0.5) is 0 Å². The van der Waals surface area contributed by atoms with Crippen LogP contribution in [0.3, 0.4) is 0 Å². The summed E-state index contributed by atoms with van der Waals surface area (Å²) >= 11 is 5.71. The van der Waals surface area contributed by atoms with Crippen molar-refractivity contribution in [2.24, 2.45) is 0 Å². The Bertz CT molecular complexity index is 287. The van der Waals surface area contributed by atoms with Gasteiger partial charge in [0.05, 0.1) is 11.1 Å². The van der Waals surface area contributed by atoms with Crippen LogP contribution in [0.15, 0.2) is 10.9 Å². The lowest BCUT2D eigenvalue weighted by atomic mass is 10.1. The third kappa shape index (κ3) is 3.49. The molecule has 15 heavy (non-hydrogen) atoms. The fraction of sp³-hybridized carbons (Fsp3) is 0.625. The molecule has 0 radical (unpaired) electrons. The number of allylic oxidation sites excluding steroid dienone is 1. The Kier molecular flexibility index (Phi) is 4.51. The molecule has 1 fully saturated rings. The number of nitrogens with zero attached hydrogens (tertiary/aromatic N) is 1. The van der Waals surface area contributed by atoms with Gasteiger partial charge in [-0.05, 0) is 12.8 Å². The first-order valence-corrected chi connectivity index (χ1v) is 4.92. The molecule has 2 N–H and O–H groups in total. The van der Waals surface area contributed by atoms with Gasteiger partial charge < -0.3 is 15.5 Å². The first-order valence-electron chi connectivity index (χ1n) is 4.54. The van der Waals surface area contributed by atoms with Gasteiger partial charge in [0, 0.05) is 19.3 Å². The monoisotopic (exact) mass is 233 g/mol. The van der Waals surface area contributed by atoms with Gasteiger partial charge in [0.2, 0.25) is 0 Å². The van der Waals surface area contributed by atoms with Gasteiger partial charge in [-0.3, -0.25) is 10.1 Å². The predicted octanol–water partition coefficient (Wildman–Crippen LogP) is 1.09. The van der Waals surface area contributed by atoms with E-state index in [-0.39, 0.29) is 11.2 Å². The van der Waals surface area contributed by atoms with Crippen molar-refractivity contribution < 1.29 is 9.66 Å². The van der Waals surface area contributed by atoms with Crippen LogP contribution in [0.1, 0.15) is 12.8 Å². The van der Waals surface area contributed by atoms with E-state index in [1.807, 2.05) is 0 Å². The number of hydrogen-bond acceptors (Lipinski definition) is 5. The van der Waals surface area contributed by atoms with E-state index in [1.54, 1.807) is 0 Å². The zero-order chi connectivity index (χ0) is 11.3. The van der Waals surface area contributed by atoms with Gasteiger partial charge in [0.1, 0.15) is 0 Å².